The van der Waals surface area contributed by atoms with Crippen molar-refractivity contribution < 1.29 is 9.53 Å². The SMILES string of the molecule is CCCC[C@@H](CC)OC(=O)c1cccc(C)c1. The van der Waals surface area contributed by atoms with Gasteiger partial charge in [-0.3, -0.25) is 0 Å². The van der Waals surface area contributed by atoms with Gasteiger partial charge in [-0.05, 0) is 31.9 Å². The molecule has 0 saturated heterocycles. The molecule has 0 spiro atoms. The average molecular weight is 234 g/mol. The van der Waals surface area contributed by atoms with E-state index < -0.39 is 0 Å². The maximum Gasteiger partial charge on any atom is 0.338 e. The summed E-state index contributed by atoms with van der Waals surface area (Å²) in [5.41, 5.74) is 1.74. The van der Waals surface area contributed by atoms with E-state index in [0.717, 1.165) is 31.2 Å². The van der Waals surface area contributed by atoms with E-state index in [1.165, 1.54) is 0 Å². The first kappa shape index (κ1) is 13.8. The van der Waals surface area contributed by atoms with Crippen LogP contribution in [0, 0.1) is 6.92 Å². The highest BCUT2D eigenvalue weighted by Crippen LogP contribution is 2.12. The summed E-state index contributed by atoms with van der Waals surface area (Å²) in [6.45, 7) is 6.18. The maximum atomic E-state index is 11.9. The average Bonchev–Trinajstić information content (AvgIpc) is 2.34. The third-order valence-corrected chi connectivity index (χ3v) is 2.86. The molecule has 1 rings (SSSR count). The molecule has 2 nitrogen and oxygen atoms in total. The molecular formula is C15H22O2. The molecule has 0 radical (unpaired) electrons. The second kappa shape index (κ2) is 7.10. The second-order valence-corrected chi connectivity index (χ2v) is 4.45. The number of carbonyl (C=O) groups is 1. The Kier molecular flexibility index (Phi) is 5.75. The van der Waals surface area contributed by atoms with E-state index in [4.69, 9.17) is 4.74 Å². The van der Waals surface area contributed by atoms with E-state index in [1.54, 1.807) is 0 Å². The highest BCUT2D eigenvalue weighted by atomic mass is 16.5. The Bertz CT molecular complexity index is 358. The van der Waals surface area contributed by atoms with Crippen molar-refractivity contribution >= 4 is 5.97 Å². The highest BCUT2D eigenvalue weighted by molar-refractivity contribution is 5.89. The highest BCUT2D eigenvalue weighted by Gasteiger charge is 2.13. The molecular weight excluding hydrogens is 212 g/mol. The number of esters is 1. The Morgan fingerprint density at radius 1 is 1.35 bits per heavy atom. The normalized spacial score (nSPS) is 12.2. The number of aryl methyl sites for hydroxylation is 1. The summed E-state index contributed by atoms with van der Waals surface area (Å²) in [5, 5.41) is 0. The van der Waals surface area contributed by atoms with Crippen molar-refractivity contribution in [2.75, 3.05) is 0 Å². The van der Waals surface area contributed by atoms with Crippen LogP contribution in [0.15, 0.2) is 24.3 Å². The van der Waals surface area contributed by atoms with Crippen LogP contribution in [0.3, 0.4) is 0 Å². The minimum Gasteiger partial charge on any atom is -0.459 e. The fourth-order valence-corrected chi connectivity index (χ4v) is 1.77. The molecule has 1 atom stereocenters. The fraction of sp³-hybridized carbons (Fsp3) is 0.533. The number of ether oxygens (including phenoxy) is 1. The predicted octanol–water partition coefficient (Wildman–Crippen LogP) is 4.12. The zero-order chi connectivity index (χ0) is 12.7. The summed E-state index contributed by atoms with van der Waals surface area (Å²) in [7, 11) is 0. The summed E-state index contributed by atoms with van der Waals surface area (Å²) in [5.74, 6) is -0.198. The van der Waals surface area contributed by atoms with Gasteiger partial charge in [0.25, 0.3) is 0 Å². The van der Waals surface area contributed by atoms with Crippen LogP contribution in [-0.4, -0.2) is 12.1 Å². The van der Waals surface area contributed by atoms with Gasteiger partial charge >= 0.3 is 5.97 Å². The number of benzene rings is 1. The molecule has 0 bridgehead atoms. The fourth-order valence-electron chi connectivity index (χ4n) is 1.77. The summed E-state index contributed by atoms with van der Waals surface area (Å²) >= 11 is 0. The summed E-state index contributed by atoms with van der Waals surface area (Å²) < 4.78 is 5.50. The predicted molar refractivity (Wildman–Crippen MR) is 70.2 cm³/mol. The lowest BCUT2D eigenvalue weighted by Gasteiger charge is -2.15. The van der Waals surface area contributed by atoms with Crippen molar-refractivity contribution in [3.8, 4) is 0 Å². The molecule has 0 aliphatic heterocycles. The molecule has 17 heavy (non-hydrogen) atoms. The Labute approximate surface area is 104 Å². The lowest BCUT2D eigenvalue weighted by atomic mass is 10.1. The van der Waals surface area contributed by atoms with Gasteiger partial charge < -0.3 is 4.74 Å². The lowest BCUT2D eigenvalue weighted by Crippen LogP contribution is -2.17. The molecule has 0 unspecified atom stereocenters. The minimum absolute atomic E-state index is 0.0583. The van der Waals surface area contributed by atoms with Gasteiger partial charge in [-0.1, -0.05) is 44.4 Å². The van der Waals surface area contributed by atoms with E-state index in [0.29, 0.717) is 5.56 Å². The van der Waals surface area contributed by atoms with Crippen LogP contribution in [0.4, 0.5) is 0 Å². The van der Waals surface area contributed by atoms with E-state index >= 15 is 0 Å². The van der Waals surface area contributed by atoms with Gasteiger partial charge in [0.15, 0.2) is 0 Å². The van der Waals surface area contributed by atoms with E-state index in [9.17, 15) is 4.79 Å². The van der Waals surface area contributed by atoms with Crippen molar-refractivity contribution in [2.45, 2.75) is 52.6 Å². The van der Waals surface area contributed by atoms with Crippen LogP contribution in [0.2, 0.25) is 0 Å². The third-order valence-electron chi connectivity index (χ3n) is 2.86. The van der Waals surface area contributed by atoms with Gasteiger partial charge in [0.2, 0.25) is 0 Å². The number of unbranched alkanes of at least 4 members (excludes halogenated alkanes) is 1. The van der Waals surface area contributed by atoms with Crippen molar-refractivity contribution in [3.63, 3.8) is 0 Å². The van der Waals surface area contributed by atoms with Gasteiger partial charge in [0.05, 0.1) is 5.56 Å². The first-order valence-corrected chi connectivity index (χ1v) is 6.45. The number of rotatable bonds is 6. The van der Waals surface area contributed by atoms with Crippen LogP contribution >= 0.6 is 0 Å². The number of hydrogen-bond donors (Lipinski definition) is 0. The van der Waals surface area contributed by atoms with Crippen LogP contribution in [0.1, 0.15) is 55.5 Å². The van der Waals surface area contributed by atoms with Crippen molar-refractivity contribution in [1.29, 1.82) is 0 Å². The topological polar surface area (TPSA) is 26.3 Å². The molecule has 0 aliphatic rings. The molecule has 2 heteroatoms. The van der Waals surface area contributed by atoms with Gasteiger partial charge in [-0.25, -0.2) is 4.79 Å². The molecule has 0 aliphatic carbocycles. The number of carbonyl (C=O) groups excluding carboxylic acids is 1. The Morgan fingerprint density at radius 2 is 2.12 bits per heavy atom. The van der Waals surface area contributed by atoms with Crippen molar-refractivity contribution in [3.05, 3.63) is 35.4 Å². The summed E-state index contributed by atoms with van der Waals surface area (Å²) in [6.07, 6.45) is 4.16. The monoisotopic (exact) mass is 234 g/mol. The Hall–Kier alpha value is -1.31. The molecule has 94 valence electrons. The first-order chi connectivity index (χ1) is 8.17. The summed E-state index contributed by atoms with van der Waals surface area (Å²) in [6, 6.07) is 7.54. The van der Waals surface area contributed by atoms with Crippen LogP contribution in [0.5, 0.6) is 0 Å². The minimum atomic E-state index is -0.198. The van der Waals surface area contributed by atoms with Crippen LogP contribution in [0.25, 0.3) is 0 Å². The van der Waals surface area contributed by atoms with Gasteiger partial charge in [0, 0.05) is 0 Å². The quantitative estimate of drug-likeness (QED) is 0.692. The second-order valence-electron chi connectivity index (χ2n) is 4.45. The largest absolute Gasteiger partial charge is 0.459 e. The third kappa shape index (κ3) is 4.59. The zero-order valence-electron chi connectivity index (χ0n) is 11.0. The summed E-state index contributed by atoms with van der Waals surface area (Å²) in [4.78, 5) is 11.9. The molecule has 0 aromatic heterocycles. The van der Waals surface area contributed by atoms with Gasteiger partial charge in [-0.15, -0.1) is 0 Å². The van der Waals surface area contributed by atoms with Gasteiger partial charge in [0.1, 0.15) is 6.10 Å². The van der Waals surface area contributed by atoms with Crippen molar-refractivity contribution in [1.82, 2.24) is 0 Å². The molecule has 0 heterocycles. The van der Waals surface area contributed by atoms with Crippen molar-refractivity contribution in [2.24, 2.45) is 0 Å². The lowest BCUT2D eigenvalue weighted by molar-refractivity contribution is 0.0268. The first-order valence-electron chi connectivity index (χ1n) is 6.45. The zero-order valence-corrected chi connectivity index (χ0v) is 11.0. The van der Waals surface area contributed by atoms with E-state index in [-0.39, 0.29) is 12.1 Å². The Balaban J connectivity index is 2.58. The van der Waals surface area contributed by atoms with Gasteiger partial charge in [-0.2, -0.15) is 0 Å². The Morgan fingerprint density at radius 3 is 2.71 bits per heavy atom. The number of hydrogen-bond acceptors (Lipinski definition) is 2. The maximum absolute atomic E-state index is 11.9. The molecule has 1 aromatic rings. The van der Waals surface area contributed by atoms with E-state index in [2.05, 4.69) is 13.8 Å². The van der Waals surface area contributed by atoms with Crippen LogP contribution < -0.4 is 0 Å². The van der Waals surface area contributed by atoms with Crippen LogP contribution in [-0.2, 0) is 4.74 Å². The molecule has 0 N–H and O–H groups in total. The van der Waals surface area contributed by atoms with E-state index in [1.807, 2.05) is 31.2 Å². The standard InChI is InChI=1S/C15H22O2/c1-4-6-10-14(5-2)17-15(16)13-9-7-8-12(3)11-13/h7-9,11,14H,4-6,10H2,1-3H3/t14-/m1/s1. The molecule has 0 fully saturated rings. The molecule has 0 saturated carbocycles. The molecule has 1 aromatic carbocycles. The smallest absolute Gasteiger partial charge is 0.338 e. The molecule has 0 amide bonds.